The minimum atomic E-state index is 0. The van der Waals surface area contributed by atoms with Crippen LogP contribution in [0.4, 0.5) is 11.4 Å². The van der Waals surface area contributed by atoms with E-state index >= 15 is 0 Å². The molecule has 0 aliphatic carbocycles. The Bertz CT molecular complexity index is 796. The molecule has 2 nitrogen and oxygen atoms in total. The lowest BCUT2D eigenvalue weighted by Gasteiger charge is -2.24. The average Bonchev–Trinajstić information content (AvgIpc) is 2.78. The van der Waals surface area contributed by atoms with Gasteiger partial charge in [-0.25, -0.2) is 0 Å². The first-order valence-electron chi connectivity index (χ1n) is 11.0. The third-order valence-corrected chi connectivity index (χ3v) is 5.84. The number of nitrogens with zero attached hydrogens (tertiary/aromatic N) is 2. The highest BCUT2D eigenvalue weighted by Crippen LogP contribution is 2.34. The first-order chi connectivity index (χ1) is 14.2. The molecule has 0 atom stereocenters. The Morgan fingerprint density at radius 2 is 0.862 bits per heavy atom. The second-order valence-corrected chi connectivity index (χ2v) is 7.37. The van der Waals surface area contributed by atoms with Crippen molar-refractivity contribution >= 4 is 11.4 Å². The highest BCUT2D eigenvalue weighted by molar-refractivity contribution is 5.54. The van der Waals surface area contributed by atoms with E-state index < -0.39 is 0 Å². The monoisotopic (exact) mass is 387 g/mol. The molecule has 0 fully saturated rings. The summed E-state index contributed by atoms with van der Waals surface area (Å²) in [5.74, 6) is 0.243. The van der Waals surface area contributed by atoms with Gasteiger partial charge < -0.3 is 9.80 Å². The summed E-state index contributed by atoms with van der Waals surface area (Å²) in [6.45, 7) is 13.0. The largest absolute Gasteiger partial charge is 1.00 e. The van der Waals surface area contributed by atoms with Crippen molar-refractivity contribution in [2.24, 2.45) is 0 Å². The molecule has 3 aromatic rings. The van der Waals surface area contributed by atoms with Gasteiger partial charge in [0.05, 0.1) is 0 Å². The van der Waals surface area contributed by atoms with E-state index in [1.807, 2.05) is 0 Å². The second-order valence-electron chi connectivity index (χ2n) is 7.37. The molecule has 3 rings (SSSR count). The maximum absolute atomic E-state index is 2.39. The van der Waals surface area contributed by atoms with Gasteiger partial charge in [0.25, 0.3) is 0 Å². The lowest BCUT2D eigenvalue weighted by molar-refractivity contribution is 0.862. The van der Waals surface area contributed by atoms with E-state index in [4.69, 9.17) is 0 Å². The Hall–Kier alpha value is -2.74. The highest BCUT2D eigenvalue weighted by atomic mass is 15.1. The lowest BCUT2D eigenvalue weighted by Crippen LogP contribution is -2.21. The van der Waals surface area contributed by atoms with Crippen LogP contribution in [0, 0.1) is 0 Å². The Kier molecular flexibility index (Phi) is 7.35. The van der Waals surface area contributed by atoms with E-state index in [0.717, 1.165) is 26.2 Å². The van der Waals surface area contributed by atoms with Crippen LogP contribution in [-0.4, -0.2) is 26.2 Å². The number of rotatable bonds is 9. The fourth-order valence-electron chi connectivity index (χ4n) is 4.16. The summed E-state index contributed by atoms with van der Waals surface area (Å²) in [5, 5.41) is 0. The van der Waals surface area contributed by atoms with Gasteiger partial charge in [-0.1, -0.05) is 54.6 Å². The lowest BCUT2D eigenvalue weighted by atomic mass is 9.85. The highest BCUT2D eigenvalue weighted by Gasteiger charge is 2.17. The average molecular weight is 388 g/mol. The molecule has 0 spiro atoms. The Morgan fingerprint density at radius 3 is 1.21 bits per heavy atom. The van der Waals surface area contributed by atoms with Crippen molar-refractivity contribution in [3.05, 3.63) is 95.6 Å². The fraction of sp³-hybridized carbons (Fsp3) is 0.333. The zero-order valence-corrected chi connectivity index (χ0v) is 18.3. The zero-order chi connectivity index (χ0) is 20.6. The molecule has 0 N–H and O–H groups in total. The van der Waals surface area contributed by atoms with Crippen molar-refractivity contribution in [1.82, 2.24) is 0 Å². The minimum Gasteiger partial charge on any atom is -0.372 e. The molecule has 2 heteroatoms. The van der Waals surface area contributed by atoms with Gasteiger partial charge in [-0.05, 0) is 68.7 Å². The minimum absolute atomic E-state index is 0. The summed E-state index contributed by atoms with van der Waals surface area (Å²) in [4.78, 5) is 4.78. The van der Waals surface area contributed by atoms with Crippen LogP contribution in [0.2, 0.25) is 0 Å². The SMILES string of the molecule is CCN(CC)c1ccc(C(c2ccccc2)c2ccc(N(CC)CC)cc2)cc1.[H+]. The molecular formula is C27H35N2+. The summed E-state index contributed by atoms with van der Waals surface area (Å²) >= 11 is 0. The molecule has 0 saturated carbocycles. The molecule has 0 amide bonds. The summed E-state index contributed by atoms with van der Waals surface area (Å²) in [6.07, 6.45) is 0. The van der Waals surface area contributed by atoms with Crippen LogP contribution in [0.25, 0.3) is 0 Å². The van der Waals surface area contributed by atoms with E-state index in [1.165, 1.54) is 28.1 Å². The van der Waals surface area contributed by atoms with Gasteiger partial charge in [-0.3, -0.25) is 0 Å². The van der Waals surface area contributed by atoms with Crippen molar-refractivity contribution in [2.75, 3.05) is 36.0 Å². The smallest absolute Gasteiger partial charge is 0.372 e. The van der Waals surface area contributed by atoms with Crippen molar-refractivity contribution in [1.29, 1.82) is 0 Å². The number of hydrogen-bond acceptors (Lipinski definition) is 2. The molecule has 0 heterocycles. The second kappa shape index (κ2) is 10.2. The summed E-state index contributed by atoms with van der Waals surface area (Å²) in [6, 6.07) is 29.1. The van der Waals surface area contributed by atoms with Gasteiger partial charge >= 0.3 is 1.43 Å². The third-order valence-electron chi connectivity index (χ3n) is 5.84. The predicted octanol–water partition coefficient (Wildman–Crippen LogP) is 6.67. The van der Waals surface area contributed by atoms with Crippen LogP contribution in [0.1, 0.15) is 51.7 Å². The van der Waals surface area contributed by atoms with E-state index in [2.05, 4.69) is 116 Å². The molecular weight excluding hydrogens is 352 g/mol. The summed E-state index contributed by atoms with van der Waals surface area (Å²) in [5.41, 5.74) is 6.59. The molecule has 0 unspecified atom stereocenters. The maximum Gasteiger partial charge on any atom is 1.00 e. The van der Waals surface area contributed by atoms with Gasteiger partial charge in [0.2, 0.25) is 0 Å². The molecule has 0 aliphatic rings. The molecule has 3 aromatic carbocycles. The van der Waals surface area contributed by atoms with Crippen LogP contribution in [0.3, 0.4) is 0 Å². The van der Waals surface area contributed by atoms with Crippen LogP contribution in [0.15, 0.2) is 78.9 Å². The molecule has 0 aromatic heterocycles. The Balaban J connectivity index is 0.00000320. The van der Waals surface area contributed by atoms with Crippen LogP contribution in [0.5, 0.6) is 0 Å². The molecule has 0 aliphatic heterocycles. The number of anilines is 2. The molecule has 0 saturated heterocycles. The van der Waals surface area contributed by atoms with E-state index in [-0.39, 0.29) is 7.34 Å². The van der Waals surface area contributed by atoms with Gasteiger partial charge in [0.1, 0.15) is 0 Å². The van der Waals surface area contributed by atoms with Crippen molar-refractivity contribution < 1.29 is 1.43 Å². The Morgan fingerprint density at radius 1 is 0.517 bits per heavy atom. The van der Waals surface area contributed by atoms with Gasteiger partial charge in [0, 0.05) is 43.5 Å². The summed E-state index contributed by atoms with van der Waals surface area (Å²) in [7, 11) is 0. The first kappa shape index (κ1) is 21.0. The van der Waals surface area contributed by atoms with Crippen molar-refractivity contribution in [2.45, 2.75) is 33.6 Å². The van der Waals surface area contributed by atoms with E-state index in [9.17, 15) is 0 Å². The number of hydrogen-bond donors (Lipinski definition) is 0. The van der Waals surface area contributed by atoms with E-state index in [1.54, 1.807) is 0 Å². The topological polar surface area (TPSA) is 6.48 Å². The maximum atomic E-state index is 2.39. The molecule has 0 radical (unpaired) electrons. The van der Waals surface area contributed by atoms with E-state index in [0.29, 0.717) is 0 Å². The normalized spacial score (nSPS) is 10.9. The third kappa shape index (κ3) is 4.82. The molecule has 29 heavy (non-hydrogen) atoms. The predicted molar refractivity (Wildman–Crippen MR) is 129 cm³/mol. The van der Waals surface area contributed by atoms with Crippen molar-refractivity contribution in [3.63, 3.8) is 0 Å². The standard InChI is InChI=1S/C27H34N2/c1-5-28(6-2)25-18-14-23(15-19-25)27(22-12-10-9-11-13-22)24-16-20-26(21-17-24)29(7-3)8-4/h9-21,27H,5-8H2,1-4H3/p+1. The quantitative estimate of drug-likeness (QED) is 0.378. The van der Waals surface area contributed by atoms with Gasteiger partial charge in [0.15, 0.2) is 0 Å². The number of benzene rings is 3. The van der Waals surface area contributed by atoms with Gasteiger partial charge in [-0.2, -0.15) is 0 Å². The molecule has 0 bridgehead atoms. The van der Waals surface area contributed by atoms with Crippen LogP contribution in [-0.2, 0) is 0 Å². The van der Waals surface area contributed by atoms with Crippen molar-refractivity contribution in [3.8, 4) is 0 Å². The zero-order valence-electron chi connectivity index (χ0n) is 19.3. The molecule has 152 valence electrons. The Labute approximate surface area is 178 Å². The van der Waals surface area contributed by atoms with Crippen LogP contribution < -0.4 is 9.80 Å². The summed E-state index contributed by atoms with van der Waals surface area (Å²) < 4.78 is 0. The first-order valence-corrected chi connectivity index (χ1v) is 11.0. The van der Waals surface area contributed by atoms with Gasteiger partial charge in [-0.15, -0.1) is 0 Å². The fourth-order valence-corrected chi connectivity index (χ4v) is 4.16. The van der Waals surface area contributed by atoms with Crippen LogP contribution >= 0.6 is 0 Å².